The number of carbonyl (C=O) groups is 2. The zero-order valence-electron chi connectivity index (χ0n) is 11.5. The van der Waals surface area contributed by atoms with Gasteiger partial charge in [-0.1, -0.05) is 12.8 Å². The number of hydrogen-bond donors (Lipinski definition) is 0. The van der Waals surface area contributed by atoms with Crippen molar-refractivity contribution in [1.82, 2.24) is 4.90 Å². The van der Waals surface area contributed by atoms with Crippen LogP contribution >= 0.6 is 0 Å². The third-order valence-corrected chi connectivity index (χ3v) is 3.93. The molecule has 18 heavy (non-hydrogen) atoms. The van der Waals surface area contributed by atoms with E-state index in [1.165, 1.54) is 4.90 Å². The highest BCUT2D eigenvalue weighted by Gasteiger charge is 2.48. The van der Waals surface area contributed by atoms with Crippen LogP contribution in [0.2, 0.25) is 0 Å². The Kier molecular flexibility index (Phi) is 5.17. The minimum atomic E-state index is 0. The number of fused-ring (bicyclic) bond motifs is 1. The molecule has 104 valence electrons. The molecule has 2 rings (SSSR count). The van der Waals surface area contributed by atoms with Gasteiger partial charge < -0.3 is 28.5 Å². The Balaban J connectivity index is 0.00000162. The van der Waals surface area contributed by atoms with E-state index in [1.807, 2.05) is 0 Å². The molecule has 0 bridgehead atoms. The van der Waals surface area contributed by atoms with Crippen molar-refractivity contribution in [3.05, 3.63) is 0 Å². The fraction of sp³-hybridized carbons (Fsp3) is 0.846. The fourth-order valence-electron chi connectivity index (χ4n) is 2.85. The van der Waals surface area contributed by atoms with Gasteiger partial charge in [-0.3, -0.25) is 14.5 Å². The zero-order chi connectivity index (χ0) is 12.6. The van der Waals surface area contributed by atoms with Crippen molar-refractivity contribution in [2.45, 2.75) is 25.7 Å². The Morgan fingerprint density at radius 3 is 1.89 bits per heavy atom. The van der Waals surface area contributed by atoms with Crippen molar-refractivity contribution in [3.63, 3.8) is 0 Å². The maximum Gasteiger partial charge on any atom is 0.233 e. The molecule has 0 spiro atoms. The number of likely N-dealkylation sites (tertiary alicyclic amines) is 1. The van der Waals surface area contributed by atoms with Crippen molar-refractivity contribution in [3.8, 4) is 0 Å². The van der Waals surface area contributed by atoms with E-state index in [0.29, 0.717) is 6.54 Å². The summed E-state index contributed by atoms with van der Waals surface area (Å²) in [6.45, 7) is 1.41. The lowest BCUT2D eigenvalue weighted by Crippen LogP contribution is -3.00. The van der Waals surface area contributed by atoms with E-state index in [4.69, 9.17) is 0 Å². The molecule has 0 aromatic heterocycles. The Labute approximate surface area is 126 Å². The van der Waals surface area contributed by atoms with Crippen LogP contribution in [0, 0.1) is 11.8 Å². The number of nitrogens with zero attached hydrogens (tertiary/aromatic N) is 2. The van der Waals surface area contributed by atoms with Gasteiger partial charge in [0.2, 0.25) is 11.8 Å². The van der Waals surface area contributed by atoms with Crippen molar-refractivity contribution in [2.75, 3.05) is 34.2 Å². The van der Waals surface area contributed by atoms with Gasteiger partial charge in [0.15, 0.2) is 0 Å². The van der Waals surface area contributed by atoms with E-state index in [0.717, 1.165) is 36.7 Å². The molecular weight excluding hydrogens is 343 g/mol. The Hall–Kier alpha value is -0.170. The van der Waals surface area contributed by atoms with Crippen LogP contribution in [-0.4, -0.2) is 55.4 Å². The third-order valence-electron chi connectivity index (χ3n) is 3.93. The maximum absolute atomic E-state index is 12.2. The van der Waals surface area contributed by atoms with Gasteiger partial charge in [0, 0.05) is 0 Å². The molecule has 1 aliphatic carbocycles. The molecule has 1 aliphatic heterocycles. The van der Waals surface area contributed by atoms with Gasteiger partial charge in [0.25, 0.3) is 0 Å². The number of rotatable bonds is 3. The largest absolute Gasteiger partial charge is 1.00 e. The highest BCUT2D eigenvalue weighted by atomic mass is 127. The molecule has 1 heterocycles. The number of carbonyl (C=O) groups excluding carboxylic acids is 2. The average molecular weight is 366 g/mol. The lowest BCUT2D eigenvalue weighted by atomic mass is 9.81. The van der Waals surface area contributed by atoms with E-state index < -0.39 is 0 Å². The smallest absolute Gasteiger partial charge is 0.233 e. The third kappa shape index (κ3) is 3.23. The van der Waals surface area contributed by atoms with Crippen LogP contribution in [0.15, 0.2) is 0 Å². The molecule has 1 saturated heterocycles. The van der Waals surface area contributed by atoms with Gasteiger partial charge >= 0.3 is 0 Å². The lowest BCUT2D eigenvalue weighted by molar-refractivity contribution is -0.869. The normalized spacial score (nSPS) is 28.1. The molecule has 2 aliphatic rings. The predicted octanol–water partition coefficient (Wildman–Crippen LogP) is -2.13. The summed E-state index contributed by atoms with van der Waals surface area (Å²) >= 11 is 0. The maximum atomic E-state index is 12.2. The van der Waals surface area contributed by atoms with Crippen LogP contribution in [0.4, 0.5) is 0 Å². The molecular formula is C13H23IN2O2. The molecule has 4 nitrogen and oxygen atoms in total. The minimum Gasteiger partial charge on any atom is -1.00 e. The lowest BCUT2D eigenvalue weighted by Gasteiger charge is -2.26. The summed E-state index contributed by atoms with van der Waals surface area (Å²) in [7, 11) is 6.24. The van der Waals surface area contributed by atoms with Gasteiger partial charge in [0.05, 0.1) is 46.1 Å². The first-order valence-electron chi connectivity index (χ1n) is 6.56. The quantitative estimate of drug-likeness (QED) is 0.325. The van der Waals surface area contributed by atoms with Crippen molar-refractivity contribution < 1.29 is 38.0 Å². The molecule has 1 saturated carbocycles. The number of likely N-dealkylation sites (N-methyl/N-ethyl adjacent to an activating group) is 1. The average Bonchev–Trinajstić information content (AvgIpc) is 2.49. The molecule has 2 fully saturated rings. The molecule has 2 unspecified atom stereocenters. The van der Waals surface area contributed by atoms with Gasteiger partial charge in [-0.05, 0) is 12.8 Å². The first-order chi connectivity index (χ1) is 7.90. The monoisotopic (exact) mass is 366 g/mol. The van der Waals surface area contributed by atoms with Gasteiger partial charge in [0.1, 0.15) is 0 Å². The molecule has 5 heteroatoms. The predicted molar refractivity (Wildman–Crippen MR) is 65.1 cm³/mol. The molecule has 0 aromatic rings. The molecule has 2 atom stereocenters. The van der Waals surface area contributed by atoms with Gasteiger partial charge in [-0.15, -0.1) is 0 Å². The van der Waals surface area contributed by atoms with E-state index in [-0.39, 0.29) is 47.6 Å². The summed E-state index contributed by atoms with van der Waals surface area (Å²) in [6, 6.07) is 0. The molecule has 0 radical (unpaired) electrons. The van der Waals surface area contributed by atoms with Crippen LogP contribution < -0.4 is 24.0 Å². The Morgan fingerprint density at radius 2 is 1.50 bits per heavy atom. The second kappa shape index (κ2) is 5.86. The molecule has 0 aromatic carbocycles. The first kappa shape index (κ1) is 15.9. The topological polar surface area (TPSA) is 37.4 Å². The number of quaternary nitrogens is 1. The van der Waals surface area contributed by atoms with Crippen molar-refractivity contribution >= 4 is 11.8 Å². The highest BCUT2D eigenvalue weighted by Crippen LogP contribution is 2.37. The molecule has 0 N–H and O–H groups in total. The van der Waals surface area contributed by atoms with Gasteiger partial charge in [-0.2, -0.15) is 0 Å². The van der Waals surface area contributed by atoms with Crippen molar-refractivity contribution in [2.24, 2.45) is 11.8 Å². The van der Waals surface area contributed by atoms with E-state index in [9.17, 15) is 9.59 Å². The van der Waals surface area contributed by atoms with Crippen LogP contribution in [0.1, 0.15) is 25.7 Å². The highest BCUT2D eigenvalue weighted by molar-refractivity contribution is 6.05. The van der Waals surface area contributed by atoms with Crippen LogP contribution in [-0.2, 0) is 9.59 Å². The fourth-order valence-corrected chi connectivity index (χ4v) is 2.85. The number of imide groups is 1. The number of halogens is 1. The summed E-state index contributed by atoms with van der Waals surface area (Å²) in [5, 5.41) is 0. The zero-order valence-corrected chi connectivity index (χ0v) is 13.6. The Bertz CT molecular complexity index is 314. The second-order valence-corrected chi connectivity index (χ2v) is 6.34. The number of hydrogen-bond acceptors (Lipinski definition) is 2. The minimum absolute atomic E-state index is 0. The Morgan fingerprint density at radius 1 is 1.06 bits per heavy atom. The van der Waals surface area contributed by atoms with E-state index in [2.05, 4.69) is 21.1 Å². The van der Waals surface area contributed by atoms with Crippen LogP contribution in [0.25, 0.3) is 0 Å². The summed E-state index contributed by atoms with van der Waals surface area (Å²) in [4.78, 5) is 25.8. The summed E-state index contributed by atoms with van der Waals surface area (Å²) < 4.78 is 0.784. The summed E-state index contributed by atoms with van der Waals surface area (Å²) in [5.74, 6) is 0.189. The van der Waals surface area contributed by atoms with Crippen LogP contribution in [0.3, 0.4) is 0 Å². The number of amides is 2. The SMILES string of the molecule is C[N+](C)(C)CCN1C(=O)C2CCCCC2C1=O.[I-]. The van der Waals surface area contributed by atoms with Crippen molar-refractivity contribution in [1.29, 1.82) is 0 Å². The van der Waals surface area contributed by atoms with Crippen LogP contribution in [0.5, 0.6) is 0 Å². The second-order valence-electron chi connectivity index (χ2n) is 6.34. The summed E-state index contributed by atoms with van der Waals surface area (Å²) in [6.07, 6.45) is 4.03. The molecule has 2 amide bonds. The standard InChI is InChI=1S/C13H23N2O2.HI/c1-15(2,3)9-8-14-12(16)10-6-4-5-7-11(10)13(14)17;/h10-11H,4-9H2,1-3H3;1H/q+1;/p-1. The van der Waals surface area contributed by atoms with E-state index >= 15 is 0 Å². The first-order valence-corrected chi connectivity index (χ1v) is 6.56. The summed E-state index contributed by atoms with van der Waals surface area (Å²) in [5.41, 5.74) is 0. The van der Waals surface area contributed by atoms with E-state index in [1.54, 1.807) is 0 Å². The van der Waals surface area contributed by atoms with Gasteiger partial charge in [-0.25, -0.2) is 0 Å².